The summed E-state index contributed by atoms with van der Waals surface area (Å²) in [6, 6.07) is 35.7. The van der Waals surface area contributed by atoms with Gasteiger partial charge in [0, 0.05) is 11.8 Å². The topological polar surface area (TPSA) is 12.4 Å². The number of nitrogens with zero attached hydrogens (tertiary/aromatic N) is 1. The molecule has 0 saturated carbocycles. The van der Waals surface area contributed by atoms with E-state index in [9.17, 15) is 0 Å². The van der Waals surface area contributed by atoms with Crippen LogP contribution in [-0.2, 0) is 0 Å². The van der Waals surface area contributed by atoms with Crippen molar-refractivity contribution in [2.75, 3.05) is 0 Å². The van der Waals surface area contributed by atoms with Gasteiger partial charge in [-0.2, -0.15) is 0 Å². The van der Waals surface area contributed by atoms with Crippen molar-refractivity contribution in [1.82, 2.24) is 0 Å². The Morgan fingerprint density at radius 1 is 0.560 bits per heavy atom. The van der Waals surface area contributed by atoms with Crippen LogP contribution in [0.4, 0.5) is 0 Å². The highest BCUT2D eigenvalue weighted by Gasteiger charge is 2.11. The molecule has 0 heterocycles. The molecule has 4 aromatic carbocycles. The van der Waals surface area contributed by atoms with Gasteiger partial charge in [0.25, 0.3) is 0 Å². The SMILES string of the molecule is C(=N\C(c1ccccc1)c1ccccc1)/c1cccc2ccccc12. The zero-order chi connectivity index (χ0) is 16.9. The third-order valence-electron chi connectivity index (χ3n) is 4.42. The Labute approximate surface area is 148 Å². The van der Waals surface area contributed by atoms with Crippen LogP contribution in [0.5, 0.6) is 0 Å². The Kier molecular flexibility index (Phi) is 4.38. The van der Waals surface area contributed by atoms with Crippen LogP contribution >= 0.6 is 0 Å². The van der Waals surface area contributed by atoms with E-state index in [1.807, 2.05) is 18.3 Å². The molecular formula is C24H19N. The zero-order valence-electron chi connectivity index (χ0n) is 13.9. The smallest absolute Gasteiger partial charge is 0.0999 e. The van der Waals surface area contributed by atoms with Crippen molar-refractivity contribution in [3.05, 3.63) is 120 Å². The van der Waals surface area contributed by atoms with Crippen molar-refractivity contribution >= 4 is 17.0 Å². The average Bonchev–Trinajstić information content (AvgIpc) is 2.70. The number of rotatable bonds is 4. The maximum atomic E-state index is 4.96. The Hall–Kier alpha value is -3.19. The molecule has 0 fully saturated rings. The van der Waals surface area contributed by atoms with Crippen molar-refractivity contribution < 1.29 is 0 Å². The van der Waals surface area contributed by atoms with Crippen LogP contribution in [0.15, 0.2) is 108 Å². The minimum atomic E-state index is 0.00127. The third-order valence-corrected chi connectivity index (χ3v) is 4.42. The molecule has 0 unspecified atom stereocenters. The molecule has 4 aromatic rings. The molecule has 0 spiro atoms. The summed E-state index contributed by atoms with van der Waals surface area (Å²) in [6.45, 7) is 0. The van der Waals surface area contributed by atoms with Gasteiger partial charge in [-0.05, 0) is 21.9 Å². The largest absolute Gasteiger partial charge is 0.280 e. The van der Waals surface area contributed by atoms with E-state index < -0.39 is 0 Å². The van der Waals surface area contributed by atoms with Gasteiger partial charge in [0.15, 0.2) is 0 Å². The Morgan fingerprint density at radius 2 is 1.12 bits per heavy atom. The first-order chi connectivity index (χ1) is 12.4. The molecule has 120 valence electrons. The summed E-state index contributed by atoms with van der Waals surface area (Å²) in [4.78, 5) is 4.96. The lowest BCUT2D eigenvalue weighted by Crippen LogP contribution is -1.99. The Morgan fingerprint density at radius 3 is 1.80 bits per heavy atom. The molecule has 0 N–H and O–H groups in total. The molecule has 0 saturated heterocycles. The highest BCUT2D eigenvalue weighted by molar-refractivity contribution is 5.99. The molecule has 4 rings (SSSR count). The summed E-state index contributed by atoms with van der Waals surface area (Å²) in [5, 5.41) is 2.47. The Balaban J connectivity index is 1.77. The number of benzene rings is 4. The molecule has 0 atom stereocenters. The van der Waals surface area contributed by atoms with E-state index in [1.54, 1.807) is 0 Å². The fourth-order valence-electron chi connectivity index (χ4n) is 3.15. The molecule has 0 aliphatic rings. The highest BCUT2D eigenvalue weighted by atomic mass is 14.8. The number of aliphatic imine (C=N–C) groups is 1. The van der Waals surface area contributed by atoms with Crippen LogP contribution in [0.3, 0.4) is 0 Å². The first kappa shape index (κ1) is 15.3. The summed E-state index contributed by atoms with van der Waals surface area (Å²) in [5.41, 5.74) is 3.55. The highest BCUT2D eigenvalue weighted by Crippen LogP contribution is 2.26. The summed E-state index contributed by atoms with van der Waals surface area (Å²) in [7, 11) is 0. The lowest BCUT2D eigenvalue weighted by atomic mass is 9.99. The van der Waals surface area contributed by atoms with E-state index in [2.05, 4.69) is 91.0 Å². The fourth-order valence-corrected chi connectivity index (χ4v) is 3.15. The average molecular weight is 321 g/mol. The third kappa shape index (κ3) is 3.36. The maximum Gasteiger partial charge on any atom is 0.0999 e. The van der Waals surface area contributed by atoms with Gasteiger partial charge in [0.05, 0.1) is 6.04 Å². The second kappa shape index (κ2) is 7.14. The van der Waals surface area contributed by atoms with Crippen LogP contribution in [0, 0.1) is 0 Å². The lowest BCUT2D eigenvalue weighted by molar-refractivity contribution is 0.878. The van der Waals surface area contributed by atoms with Crippen LogP contribution in [0.25, 0.3) is 10.8 Å². The fraction of sp³-hybridized carbons (Fsp3) is 0.0417. The van der Waals surface area contributed by atoms with Crippen molar-refractivity contribution in [2.24, 2.45) is 4.99 Å². The van der Waals surface area contributed by atoms with Gasteiger partial charge >= 0.3 is 0 Å². The molecule has 0 aliphatic heterocycles. The van der Waals surface area contributed by atoms with Gasteiger partial charge in [-0.15, -0.1) is 0 Å². The van der Waals surface area contributed by atoms with Gasteiger partial charge < -0.3 is 0 Å². The normalized spacial score (nSPS) is 11.4. The van der Waals surface area contributed by atoms with Crippen LogP contribution in [0.1, 0.15) is 22.7 Å². The standard InChI is InChI=1S/C24H19N/c1-3-11-20(12-4-1)24(21-13-5-2-6-14-21)25-18-22-16-9-15-19-10-7-8-17-23(19)22/h1-18,24H/b25-18+. The van der Waals surface area contributed by atoms with E-state index >= 15 is 0 Å². The summed E-state index contributed by atoms with van der Waals surface area (Å²) in [6.07, 6.45) is 2.01. The Bertz CT molecular complexity index is 943. The summed E-state index contributed by atoms with van der Waals surface area (Å²) in [5.74, 6) is 0. The zero-order valence-corrected chi connectivity index (χ0v) is 13.9. The number of hydrogen-bond donors (Lipinski definition) is 0. The van der Waals surface area contributed by atoms with Crippen molar-refractivity contribution in [3.8, 4) is 0 Å². The predicted molar refractivity (Wildman–Crippen MR) is 106 cm³/mol. The second-order valence-corrected chi connectivity index (χ2v) is 6.07. The molecule has 0 bridgehead atoms. The van der Waals surface area contributed by atoms with Gasteiger partial charge in [-0.3, -0.25) is 4.99 Å². The van der Waals surface area contributed by atoms with E-state index in [-0.39, 0.29) is 6.04 Å². The van der Waals surface area contributed by atoms with Crippen molar-refractivity contribution in [1.29, 1.82) is 0 Å². The van der Waals surface area contributed by atoms with Gasteiger partial charge in [-0.25, -0.2) is 0 Å². The van der Waals surface area contributed by atoms with E-state index in [0.29, 0.717) is 0 Å². The molecule has 0 aliphatic carbocycles. The van der Waals surface area contributed by atoms with E-state index in [4.69, 9.17) is 4.99 Å². The molecular weight excluding hydrogens is 302 g/mol. The second-order valence-electron chi connectivity index (χ2n) is 6.07. The molecule has 25 heavy (non-hydrogen) atoms. The number of hydrogen-bond acceptors (Lipinski definition) is 1. The van der Waals surface area contributed by atoms with Crippen LogP contribution in [0.2, 0.25) is 0 Å². The molecule has 0 aromatic heterocycles. The molecule has 1 nitrogen and oxygen atoms in total. The van der Waals surface area contributed by atoms with E-state index in [0.717, 1.165) is 5.56 Å². The van der Waals surface area contributed by atoms with Gasteiger partial charge in [-0.1, -0.05) is 103 Å². The van der Waals surface area contributed by atoms with Crippen molar-refractivity contribution in [2.45, 2.75) is 6.04 Å². The van der Waals surface area contributed by atoms with Crippen molar-refractivity contribution in [3.63, 3.8) is 0 Å². The lowest BCUT2D eigenvalue weighted by Gasteiger charge is -2.13. The quantitative estimate of drug-likeness (QED) is 0.406. The van der Waals surface area contributed by atoms with E-state index in [1.165, 1.54) is 21.9 Å². The first-order valence-electron chi connectivity index (χ1n) is 8.53. The number of fused-ring (bicyclic) bond motifs is 1. The van der Waals surface area contributed by atoms with Crippen LogP contribution in [-0.4, -0.2) is 6.21 Å². The monoisotopic (exact) mass is 321 g/mol. The minimum absolute atomic E-state index is 0.00127. The minimum Gasteiger partial charge on any atom is -0.280 e. The van der Waals surface area contributed by atoms with Crippen LogP contribution < -0.4 is 0 Å². The van der Waals surface area contributed by atoms with Gasteiger partial charge in [0.1, 0.15) is 0 Å². The van der Waals surface area contributed by atoms with Gasteiger partial charge in [0.2, 0.25) is 0 Å². The molecule has 0 radical (unpaired) electrons. The first-order valence-corrected chi connectivity index (χ1v) is 8.53. The molecule has 1 heteroatoms. The summed E-state index contributed by atoms with van der Waals surface area (Å²) < 4.78 is 0. The predicted octanol–water partition coefficient (Wildman–Crippen LogP) is 6.05. The molecule has 0 amide bonds. The maximum absolute atomic E-state index is 4.96. The summed E-state index contributed by atoms with van der Waals surface area (Å²) >= 11 is 0.